The third kappa shape index (κ3) is 4.74. The maximum atomic E-state index is 12.5. The highest BCUT2D eigenvalue weighted by molar-refractivity contribution is 7.89. The standard InChI is InChI=1S/C16H20N2O6S/c1-11(16(19)17-10-13-5-4-8-24-13)18-25(20,21)15-7-6-12(22-2)9-14(15)23-3/h4-9,11,18H,10H2,1-3H3,(H,17,19)/t11-/m0/s1. The Hall–Kier alpha value is -2.52. The topological polar surface area (TPSA) is 107 Å². The van der Waals surface area contributed by atoms with E-state index in [4.69, 9.17) is 13.9 Å². The summed E-state index contributed by atoms with van der Waals surface area (Å²) in [4.78, 5) is 12.0. The van der Waals surface area contributed by atoms with Crippen LogP contribution in [-0.2, 0) is 21.4 Å². The fourth-order valence-electron chi connectivity index (χ4n) is 2.09. The van der Waals surface area contributed by atoms with Gasteiger partial charge in [0.05, 0.1) is 33.1 Å². The predicted octanol–water partition coefficient (Wildman–Crippen LogP) is 1.28. The molecule has 0 fully saturated rings. The summed E-state index contributed by atoms with van der Waals surface area (Å²) in [7, 11) is -1.14. The van der Waals surface area contributed by atoms with Crippen molar-refractivity contribution in [3.63, 3.8) is 0 Å². The van der Waals surface area contributed by atoms with E-state index in [0.717, 1.165) is 0 Å². The molecule has 2 rings (SSSR count). The number of carbonyl (C=O) groups excluding carboxylic acids is 1. The first-order valence-corrected chi connectivity index (χ1v) is 8.90. The number of hydrogen-bond donors (Lipinski definition) is 2. The van der Waals surface area contributed by atoms with Crippen LogP contribution in [0, 0.1) is 0 Å². The zero-order valence-electron chi connectivity index (χ0n) is 14.1. The highest BCUT2D eigenvalue weighted by atomic mass is 32.2. The second-order valence-electron chi connectivity index (χ2n) is 5.16. The van der Waals surface area contributed by atoms with E-state index in [9.17, 15) is 13.2 Å². The Morgan fingerprint density at radius 3 is 2.60 bits per heavy atom. The highest BCUT2D eigenvalue weighted by Crippen LogP contribution is 2.28. The van der Waals surface area contributed by atoms with E-state index >= 15 is 0 Å². The van der Waals surface area contributed by atoms with Gasteiger partial charge in [-0.05, 0) is 31.2 Å². The van der Waals surface area contributed by atoms with Crippen LogP contribution in [-0.4, -0.2) is 34.6 Å². The molecule has 1 amide bonds. The molecule has 9 heteroatoms. The number of hydrogen-bond acceptors (Lipinski definition) is 6. The van der Waals surface area contributed by atoms with E-state index in [1.807, 2.05) is 0 Å². The van der Waals surface area contributed by atoms with Crippen molar-refractivity contribution in [2.24, 2.45) is 0 Å². The number of amides is 1. The van der Waals surface area contributed by atoms with E-state index in [2.05, 4.69) is 10.0 Å². The predicted molar refractivity (Wildman–Crippen MR) is 89.9 cm³/mol. The van der Waals surface area contributed by atoms with Crippen LogP contribution in [0.2, 0.25) is 0 Å². The summed E-state index contributed by atoms with van der Waals surface area (Å²) in [5, 5.41) is 2.59. The largest absolute Gasteiger partial charge is 0.497 e. The maximum absolute atomic E-state index is 12.5. The summed E-state index contributed by atoms with van der Waals surface area (Å²) < 4.78 is 42.6. The lowest BCUT2D eigenvalue weighted by molar-refractivity contribution is -0.122. The molecule has 1 aromatic carbocycles. The van der Waals surface area contributed by atoms with E-state index < -0.39 is 22.0 Å². The van der Waals surface area contributed by atoms with Gasteiger partial charge in [0.25, 0.3) is 0 Å². The van der Waals surface area contributed by atoms with Gasteiger partial charge in [-0.2, -0.15) is 4.72 Å². The van der Waals surface area contributed by atoms with Crippen molar-refractivity contribution in [3.05, 3.63) is 42.4 Å². The lowest BCUT2D eigenvalue weighted by atomic mass is 10.3. The van der Waals surface area contributed by atoms with Crippen molar-refractivity contribution >= 4 is 15.9 Å². The number of furan rings is 1. The van der Waals surface area contributed by atoms with Crippen LogP contribution in [0.3, 0.4) is 0 Å². The molecule has 0 radical (unpaired) electrons. The number of sulfonamides is 1. The van der Waals surface area contributed by atoms with E-state index in [-0.39, 0.29) is 17.2 Å². The molecule has 1 heterocycles. The fraction of sp³-hybridized carbons (Fsp3) is 0.312. The van der Waals surface area contributed by atoms with Crippen molar-refractivity contribution < 1.29 is 27.1 Å². The summed E-state index contributed by atoms with van der Waals surface area (Å²) in [6.07, 6.45) is 1.49. The quantitative estimate of drug-likeness (QED) is 0.727. The molecule has 0 saturated carbocycles. The highest BCUT2D eigenvalue weighted by Gasteiger charge is 2.25. The minimum atomic E-state index is -3.96. The SMILES string of the molecule is COc1ccc(S(=O)(=O)N[C@@H](C)C(=O)NCc2ccco2)c(OC)c1. The first-order valence-electron chi connectivity index (χ1n) is 7.42. The summed E-state index contributed by atoms with van der Waals surface area (Å²) in [6.45, 7) is 1.62. The molecular formula is C16H20N2O6S. The van der Waals surface area contributed by atoms with Gasteiger partial charge in [-0.25, -0.2) is 8.42 Å². The van der Waals surface area contributed by atoms with Crippen molar-refractivity contribution in [1.29, 1.82) is 0 Å². The van der Waals surface area contributed by atoms with E-state index in [1.54, 1.807) is 12.1 Å². The summed E-state index contributed by atoms with van der Waals surface area (Å²) in [5.74, 6) is 0.669. The summed E-state index contributed by atoms with van der Waals surface area (Å²) in [6, 6.07) is 6.73. The van der Waals surface area contributed by atoms with Gasteiger partial charge in [0.15, 0.2) is 0 Å². The molecular weight excluding hydrogens is 348 g/mol. The first kappa shape index (κ1) is 18.8. The number of methoxy groups -OCH3 is 2. The fourth-order valence-corrected chi connectivity index (χ4v) is 3.44. The molecule has 1 aromatic heterocycles. The Balaban J connectivity index is 2.08. The molecule has 0 aliphatic heterocycles. The van der Waals surface area contributed by atoms with Gasteiger partial charge in [0, 0.05) is 6.07 Å². The van der Waals surface area contributed by atoms with Gasteiger partial charge in [-0.3, -0.25) is 4.79 Å². The molecule has 0 aliphatic rings. The average molecular weight is 368 g/mol. The maximum Gasteiger partial charge on any atom is 0.244 e. The van der Waals surface area contributed by atoms with Crippen LogP contribution >= 0.6 is 0 Å². The number of ether oxygens (including phenoxy) is 2. The van der Waals surface area contributed by atoms with Crippen LogP contribution in [0.15, 0.2) is 45.9 Å². The molecule has 0 bridgehead atoms. The third-order valence-corrected chi connectivity index (χ3v) is 4.98. The van der Waals surface area contributed by atoms with Crippen LogP contribution in [0.4, 0.5) is 0 Å². The lowest BCUT2D eigenvalue weighted by Gasteiger charge is -2.16. The molecule has 136 valence electrons. The van der Waals surface area contributed by atoms with Gasteiger partial charge in [-0.15, -0.1) is 0 Å². The molecule has 8 nitrogen and oxygen atoms in total. The van der Waals surface area contributed by atoms with Crippen molar-refractivity contribution in [2.75, 3.05) is 14.2 Å². The first-order chi connectivity index (χ1) is 11.9. The zero-order valence-corrected chi connectivity index (χ0v) is 14.9. The van der Waals surface area contributed by atoms with Gasteiger partial charge in [-0.1, -0.05) is 0 Å². The smallest absolute Gasteiger partial charge is 0.244 e. The summed E-state index contributed by atoms with van der Waals surface area (Å²) >= 11 is 0. The second-order valence-corrected chi connectivity index (χ2v) is 6.84. The van der Waals surface area contributed by atoms with Gasteiger partial charge in [0.1, 0.15) is 22.2 Å². The lowest BCUT2D eigenvalue weighted by Crippen LogP contribution is -2.44. The Labute approximate surface area is 146 Å². The van der Waals surface area contributed by atoms with Crippen LogP contribution in [0.1, 0.15) is 12.7 Å². The molecule has 0 saturated heterocycles. The Bertz CT molecular complexity index is 817. The summed E-state index contributed by atoms with van der Waals surface area (Å²) in [5.41, 5.74) is 0. The van der Waals surface area contributed by atoms with Crippen molar-refractivity contribution in [3.8, 4) is 11.5 Å². The number of nitrogens with one attached hydrogen (secondary N) is 2. The molecule has 2 aromatic rings. The Morgan fingerprint density at radius 1 is 1.24 bits per heavy atom. The minimum Gasteiger partial charge on any atom is -0.497 e. The van der Waals surface area contributed by atoms with E-state index in [0.29, 0.717) is 11.5 Å². The Morgan fingerprint density at radius 2 is 2.00 bits per heavy atom. The average Bonchev–Trinajstić information content (AvgIpc) is 3.12. The third-order valence-electron chi connectivity index (χ3n) is 3.40. The number of carbonyl (C=O) groups is 1. The van der Waals surface area contributed by atoms with Gasteiger partial charge >= 0.3 is 0 Å². The molecule has 0 unspecified atom stereocenters. The second kappa shape index (κ2) is 8.04. The number of rotatable bonds is 8. The normalized spacial score (nSPS) is 12.4. The van der Waals surface area contributed by atoms with Crippen LogP contribution in [0.25, 0.3) is 0 Å². The van der Waals surface area contributed by atoms with E-state index in [1.165, 1.54) is 45.6 Å². The zero-order chi connectivity index (χ0) is 18.4. The van der Waals surface area contributed by atoms with Crippen molar-refractivity contribution in [2.45, 2.75) is 24.4 Å². The molecule has 0 spiro atoms. The van der Waals surface area contributed by atoms with Crippen LogP contribution < -0.4 is 19.5 Å². The monoisotopic (exact) mass is 368 g/mol. The number of benzene rings is 1. The Kier molecular flexibility index (Phi) is 6.05. The molecule has 2 N–H and O–H groups in total. The van der Waals surface area contributed by atoms with Gasteiger partial charge in [0.2, 0.25) is 15.9 Å². The van der Waals surface area contributed by atoms with Crippen molar-refractivity contribution in [1.82, 2.24) is 10.0 Å². The molecule has 1 atom stereocenters. The molecule has 0 aliphatic carbocycles. The van der Waals surface area contributed by atoms with Crippen LogP contribution in [0.5, 0.6) is 11.5 Å². The van der Waals surface area contributed by atoms with Gasteiger partial charge < -0.3 is 19.2 Å². The molecule has 25 heavy (non-hydrogen) atoms. The minimum absolute atomic E-state index is 0.0820.